The van der Waals surface area contributed by atoms with Gasteiger partial charge in [0.1, 0.15) is 5.82 Å². The summed E-state index contributed by atoms with van der Waals surface area (Å²) >= 11 is 0. The molecule has 0 amide bonds. The zero-order chi connectivity index (χ0) is 16.6. The fraction of sp³-hybridized carbons (Fsp3) is 0.500. The number of ether oxygens (including phenoxy) is 1. The van der Waals surface area contributed by atoms with E-state index < -0.39 is 0 Å². The van der Waals surface area contributed by atoms with E-state index in [0.29, 0.717) is 5.92 Å². The smallest absolute Gasteiger partial charge is 0.125 e. The summed E-state index contributed by atoms with van der Waals surface area (Å²) in [6.07, 6.45) is 4.70. The number of halogens is 1. The van der Waals surface area contributed by atoms with Gasteiger partial charge < -0.3 is 9.84 Å². The van der Waals surface area contributed by atoms with Crippen molar-refractivity contribution in [1.29, 1.82) is 0 Å². The second kappa shape index (κ2) is 6.27. The summed E-state index contributed by atoms with van der Waals surface area (Å²) in [7, 11) is 0. The lowest BCUT2D eigenvalue weighted by Gasteiger charge is -2.36. The monoisotopic (exact) mass is 331 g/mol. The van der Waals surface area contributed by atoms with Crippen LogP contribution in [-0.4, -0.2) is 52.7 Å². The second-order valence-corrected chi connectivity index (χ2v) is 6.98. The highest BCUT2D eigenvalue weighted by Crippen LogP contribution is 2.42. The van der Waals surface area contributed by atoms with Crippen LogP contribution in [0.3, 0.4) is 0 Å². The molecule has 1 aromatic carbocycles. The molecule has 4 rings (SSSR count). The van der Waals surface area contributed by atoms with Gasteiger partial charge in [0.15, 0.2) is 0 Å². The third-order valence-corrected chi connectivity index (χ3v) is 5.38. The maximum absolute atomic E-state index is 13.4. The van der Waals surface area contributed by atoms with Gasteiger partial charge in [-0.1, -0.05) is 6.07 Å². The van der Waals surface area contributed by atoms with E-state index in [2.05, 4.69) is 10.00 Å². The minimum Gasteiger partial charge on any atom is -0.396 e. The summed E-state index contributed by atoms with van der Waals surface area (Å²) in [6, 6.07) is 6.42. The molecule has 0 bridgehead atoms. The van der Waals surface area contributed by atoms with Crippen LogP contribution in [0, 0.1) is 17.2 Å². The van der Waals surface area contributed by atoms with Crippen molar-refractivity contribution >= 4 is 0 Å². The van der Waals surface area contributed by atoms with Crippen LogP contribution in [0.15, 0.2) is 36.7 Å². The summed E-state index contributed by atoms with van der Waals surface area (Å²) in [6.45, 7) is 4.31. The number of likely N-dealkylation sites (tertiary alicyclic amines) is 1. The van der Waals surface area contributed by atoms with Crippen LogP contribution in [0.1, 0.15) is 12.0 Å². The number of aliphatic hydroxyl groups excluding tert-OH is 1. The lowest BCUT2D eigenvalue weighted by atomic mass is 9.75. The van der Waals surface area contributed by atoms with Crippen LogP contribution in [0.2, 0.25) is 0 Å². The van der Waals surface area contributed by atoms with E-state index in [0.717, 1.165) is 50.5 Å². The van der Waals surface area contributed by atoms with Gasteiger partial charge in [-0.25, -0.2) is 9.07 Å². The van der Waals surface area contributed by atoms with Crippen molar-refractivity contribution in [2.24, 2.45) is 11.3 Å². The molecular formula is C18H22FN3O2. The van der Waals surface area contributed by atoms with E-state index in [1.165, 1.54) is 12.1 Å². The van der Waals surface area contributed by atoms with Crippen LogP contribution in [0.25, 0.3) is 5.69 Å². The topological polar surface area (TPSA) is 50.5 Å². The average Bonchev–Trinajstić information content (AvgIpc) is 3.19. The Morgan fingerprint density at radius 2 is 2.33 bits per heavy atom. The lowest BCUT2D eigenvalue weighted by molar-refractivity contribution is -0.0417. The van der Waals surface area contributed by atoms with Crippen LogP contribution in [0.4, 0.5) is 4.39 Å². The maximum atomic E-state index is 13.4. The molecule has 24 heavy (non-hydrogen) atoms. The van der Waals surface area contributed by atoms with Crippen molar-refractivity contribution in [3.05, 3.63) is 48.0 Å². The molecule has 2 atom stereocenters. The quantitative estimate of drug-likeness (QED) is 0.929. The van der Waals surface area contributed by atoms with Gasteiger partial charge in [0.05, 0.1) is 25.1 Å². The van der Waals surface area contributed by atoms with E-state index in [9.17, 15) is 9.50 Å². The van der Waals surface area contributed by atoms with Gasteiger partial charge in [0, 0.05) is 49.3 Å². The average molecular weight is 331 g/mol. The van der Waals surface area contributed by atoms with E-state index in [-0.39, 0.29) is 17.8 Å². The molecule has 6 heteroatoms. The third kappa shape index (κ3) is 2.85. The predicted molar refractivity (Wildman–Crippen MR) is 87.2 cm³/mol. The summed E-state index contributed by atoms with van der Waals surface area (Å²) in [5, 5.41) is 14.2. The Balaban J connectivity index is 1.47. The first-order valence-electron chi connectivity index (χ1n) is 8.39. The van der Waals surface area contributed by atoms with Gasteiger partial charge in [-0.2, -0.15) is 5.10 Å². The summed E-state index contributed by atoms with van der Waals surface area (Å²) < 4.78 is 20.6. The Bertz CT molecular complexity index is 720. The van der Waals surface area contributed by atoms with Crippen LogP contribution in [-0.2, 0) is 11.3 Å². The normalized spacial score (nSPS) is 27.3. The van der Waals surface area contributed by atoms with Gasteiger partial charge in [0.25, 0.3) is 0 Å². The Labute approximate surface area is 140 Å². The van der Waals surface area contributed by atoms with Gasteiger partial charge in [-0.3, -0.25) is 4.90 Å². The molecule has 128 valence electrons. The number of hydrogen-bond acceptors (Lipinski definition) is 4. The number of fused-ring (bicyclic) bond motifs is 1. The van der Waals surface area contributed by atoms with Crippen molar-refractivity contribution in [1.82, 2.24) is 14.7 Å². The highest BCUT2D eigenvalue weighted by atomic mass is 19.1. The fourth-order valence-electron chi connectivity index (χ4n) is 4.00. The molecule has 3 heterocycles. The fourth-order valence-corrected chi connectivity index (χ4v) is 4.00. The van der Waals surface area contributed by atoms with Crippen LogP contribution >= 0.6 is 0 Å². The Hall–Kier alpha value is -1.76. The Kier molecular flexibility index (Phi) is 4.12. The van der Waals surface area contributed by atoms with Gasteiger partial charge in [-0.15, -0.1) is 0 Å². The molecule has 2 aliphatic rings. The molecule has 1 aromatic heterocycles. The highest BCUT2D eigenvalue weighted by molar-refractivity contribution is 5.31. The first-order valence-corrected chi connectivity index (χ1v) is 8.39. The predicted octanol–water partition coefficient (Wildman–Crippen LogP) is 1.84. The molecule has 0 radical (unpaired) electrons. The SMILES string of the molecule is OC[C@]12CCOC[C@H]1CN(Cc1cnn(-c3cccc(F)c3)c1)C2. The lowest BCUT2D eigenvalue weighted by Crippen LogP contribution is -2.41. The van der Waals surface area contributed by atoms with Crippen molar-refractivity contribution in [2.75, 3.05) is 32.9 Å². The molecule has 0 unspecified atom stereocenters. The molecule has 0 saturated carbocycles. The van der Waals surface area contributed by atoms with E-state index in [1.54, 1.807) is 10.7 Å². The first kappa shape index (κ1) is 15.7. The van der Waals surface area contributed by atoms with E-state index in [1.807, 2.05) is 18.5 Å². The molecule has 1 N–H and O–H groups in total. The number of aliphatic hydroxyl groups is 1. The molecule has 2 aliphatic heterocycles. The van der Waals surface area contributed by atoms with Gasteiger partial charge in [-0.05, 0) is 24.6 Å². The van der Waals surface area contributed by atoms with Crippen molar-refractivity contribution in [3.8, 4) is 5.69 Å². The highest BCUT2D eigenvalue weighted by Gasteiger charge is 2.47. The number of hydrogen-bond donors (Lipinski definition) is 1. The zero-order valence-corrected chi connectivity index (χ0v) is 13.6. The summed E-state index contributed by atoms with van der Waals surface area (Å²) in [4.78, 5) is 2.36. The standard InChI is InChI=1S/C18H22FN3O2/c19-16-2-1-3-17(6-16)22-9-14(7-20-22)8-21-10-15-11-24-5-4-18(15,12-21)13-23/h1-3,6-7,9,15,23H,4-5,8,10-13H2/t15-,18-/m1/s1. The van der Waals surface area contributed by atoms with E-state index in [4.69, 9.17) is 4.74 Å². The zero-order valence-electron chi connectivity index (χ0n) is 13.6. The van der Waals surface area contributed by atoms with Crippen molar-refractivity contribution in [2.45, 2.75) is 13.0 Å². The molecule has 0 spiro atoms. The van der Waals surface area contributed by atoms with Crippen molar-refractivity contribution in [3.63, 3.8) is 0 Å². The minimum absolute atomic E-state index is 0.0171. The second-order valence-electron chi connectivity index (χ2n) is 6.98. The largest absolute Gasteiger partial charge is 0.396 e. The van der Waals surface area contributed by atoms with Crippen molar-refractivity contribution < 1.29 is 14.2 Å². The molecule has 2 aromatic rings. The maximum Gasteiger partial charge on any atom is 0.125 e. The minimum atomic E-state index is -0.266. The first-order chi connectivity index (χ1) is 11.7. The molecule has 0 aliphatic carbocycles. The van der Waals surface area contributed by atoms with Gasteiger partial charge in [0.2, 0.25) is 0 Å². The Morgan fingerprint density at radius 3 is 3.12 bits per heavy atom. The molecule has 2 saturated heterocycles. The number of aromatic nitrogens is 2. The van der Waals surface area contributed by atoms with Gasteiger partial charge >= 0.3 is 0 Å². The summed E-state index contributed by atoms with van der Waals surface area (Å²) in [5.74, 6) is 0.132. The van der Waals surface area contributed by atoms with E-state index >= 15 is 0 Å². The molecule has 5 nitrogen and oxygen atoms in total. The number of nitrogens with zero attached hydrogens (tertiary/aromatic N) is 3. The molecule has 2 fully saturated rings. The van der Waals surface area contributed by atoms with Crippen LogP contribution < -0.4 is 0 Å². The number of benzene rings is 1. The summed E-state index contributed by atoms with van der Waals surface area (Å²) in [5.41, 5.74) is 1.79. The number of rotatable bonds is 4. The van der Waals surface area contributed by atoms with Crippen LogP contribution in [0.5, 0.6) is 0 Å². The molecular weight excluding hydrogens is 309 g/mol. The third-order valence-electron chi connectivity index (χ3n) is 5.38. The Morgan fingerprint density at radius 1 is 1.42 bits per heavy atom.